The molecule has 28 heavy (non-hydrogen) atoms. The Bertz CT molecular complexity index is 897. The molecule has 0 aliphatic carbocycles. The molecule has 5 nitrogen and oxygen atoms in total. The monoisotopic (exact) mass is 379 g/mol. The van der Waals surface area contributed by atoms with E-state index in [2.05, 4.69) is 19.2 Å². The van der Waals surface area contributed by atoms with E-state index >= 15 is 0 Å². The first kappa shape index (κ1) is 19.9. The highest BCUT2D eigenvalue weighted by atomic mass is 16.2. The molecular weight excluding hydrogens is 350 g/mol. The zero-order valence-electron chi connectivity index (χ0n) is 17.1. The summed E-state index contributed by atoms with van der Waals surface area (Å²) in [4.78, 5) is 27.7. The van der Waals surface area contributed by atoms with Gasteiger partial charge in [0.1, 0.15) is 0 Å². The number of nitrogens with two attached hydrogens (primary N) is 1. The van der Waals surface area contributed by atoms with Crippen molar-refractivity contribution in [1.82, 2.24) is 4.90 Å². The van der Waals surface area contributed by atoms with Crippen molar-refractivity contribution in [3.05, 3.63) is 58.7 Å². The lowest BCUT2D eigenvalue weighted by Gasteiger charge is -2.35. The smallest absolute Gasteiger partial charge is 0.256 e. The molecule has 1 saturated heterocycles. The van der Waals surface area contributed by atoms with Crippen molar-refractivity contribution in [3.8, 4) is 0 Å². The third-order valence-corrected chi connectivity index (χ3v) is 5.40. The fourth-order valence-electron chi connectivity index (χ4n) is 3.97. The van der Waals surface area contributed by atoms with Crippen molar-refractivity contribution < 1.29 is 9.59 Å². The molecule has 1 aliphatic heterocycles. The van der Waals surface area contributed by atoms with Gasteiger partial charge >= 0.3 is 0 Å². The summed E-state index contributed by atoms with van der Waals surface area (Å²) in [6.07, 6.45) is 1.15. The lowest BCUT2D eigenvalue weighted by molar-refractivity contribution is 0.0623. The number of amides is 2. The van der Waals surface area contributed by atoms with Crippen LogP contribution in [0, 0.1) is 25.7 Å². The minimum absolute atomic E-state index is 0.0223. The second-order valence-electron chi connectivity index (χ2n) is 8.21. The van der Waals surface area contributed by atoms with Crippen LogP contribution in [-0.4, -0.2) is 29.8 Å². The van der Waals surface area contributed by atoms with Crippen molar-refractivity contribution in [2.45, 2.75) is 34.1 Å². The van der Waals surface area contributed by atoms with Gasteiger partial charge in [0.2, 0.25) is 0 Å². The molecule has 1 heterocycles. The summed E-state index contributed by atoms with van der Waals surface area (Å²) in [6.45, 7) is 9.72. The lowest BCUT2D eigenvalue weighted by Crippen LogP contribution is -2.42. The number of hydrogen-bond acceptors (Lipinski definition) is 3. The van der Waals surface area contributed by atoms with Crippen LogP contribution >= 0.6 is 0 Å². The Morgan fingerprint density at radius 2 is 1.64 bits per heavy atom. The zero-order chi connectivity index (χ0) is 20.4. The van der Waals surface area contributed by atoms with Crippen LogP contribution in [-0.2, 0) is 0 Å². The first-order chi connectivity index (χ1) is 13.2. The molecule has 0 radical (unpaired) electrons. The highest BCUT2D eigenvalue weighted by Crippen LogP contribution is 2.25. The van der Waals surface area contributed by atoms with Gasteiger partial charge in [0, 0.05) is 35.6 Å². The van der Waals surface area contributed by atoms with Gasteiger partial charge in [-0.1, -0.05) is 26.0 Å². The predicted octanol–water partition coefficient (Wildman–Crippen LogP) is 4.26. The van der Waals surface area contributed by atoms with Crippen molar-refractivity contribution in [2.24, 2.45) is 11.8 Å². The van der Waals surface area contributed by atoms with Crippen molar-refractivity contribution in [3.63, 3.8) is 0 Å². The SMILES string of the molecule is Cc1ccc(C(=O)N2CC(C)CC(C)C2)cc1NC(=O)c1cc(N)ccc1C. The van der Waals surface area contributed by atoms with E-state index in [1.807, 2.05) is 36.9 Å². The summed E-state index contributed by atoms with van der Waals surface area (Å²) in [5, 5.41) is 2.95. The maximum Gasteiger partial charge on any atom is 0.256 e. The number of nitrogen functional groups attached to an aromatic ring is 1. The zero-order valence-corrected chi connectivity index (χ0v) is 17.1. The third kappa shape index (κ3) is 4.35. The molecule has 0 aromatic heterocycles. The van der Waals surface area contributed by atoms with Gasteiger partial charge in [0.15, 0.2) is 0 Å². The van der Waals surface area contributed by atoms with E-state index in [0.717, 1.165) is 30.6 Å². The fraction of sp³-hybridized carbons (Fsp3) is 0.391. The van der Waals surface area contributed by atoms with Gasteiger partial charge < -0.3 is 16.0 Å². The molecule has 148 valence electrons. The fourth-order valence-corrected chi connectivity index (χ4v) is 3.97. The number of hydrogen-bond donors (Lipinski definition) is 2. The molecule has 0 saturated carbocycles. The van der Waals surface area contributed by atoms with Crippen LogP contribution in [0.15, 0.2) is 36.4 Å². The third-order valence-electron chi connectivity index (χ3n) is 5.40. The number of carbonyl (C=O) groups is 2. The van der Waals surface area contributed by atoms with Gasteiger partial charge in [0.05, 0.1) is 0 Å². The summed E-state index contributed by atoms with van der Waals surface area (Å²) >= 11 is 0. The van der Waals surface area contributed by atoms with Crippen molar-refractivity contribution in [2.75, 3.05) is 24.1 Å². The standard InChI is InChI=1S/C23H29N3O2/c1-14-9-15(2)13-26(12-14)23(28)18-7-5-17(4)21(10-18)25-22(27)20-11-19(24)8-6-16(20)3/h5-8,10-11,14-15H,9,12-13,24H2,1-4H3,(H,25,27). The molecule has 3 rings (SSSR count). The van der Waals surface area contributed by atoms with Gasteiger partial charge in [-0.05, 0) is 67.5 Å². The molecule has 0 bridgehead atoms. The quantitative estimate of drug-likeness (QED) is 0.783. The highest BCUT2D eigenvalue weighted by molar-refractivity contribution is 6.07. The maximum absolute atomic E-state index is 13.0. The van der Waals surface area contributed by atoms with Crippen LogP contribution < -0.4 is 11.1 Å². The Hall–Kier alpha value is -2.82. The van der Waals surface area contributed by atoms with Gasteiger partial charge in [-0.2, -0.15) is 0 Å². The predicted molar refractivity (Wildman–Crippen MR) is 114 cm³/mol. The number of piperidine rings is 1. The van der Waals surface area contributed by atoms with E-state index in [1.54, 1.807) is 18.2 Å². The van der Waals surface area contributed by atoms with E-state index < -0.39 is 0 Å². The van der Waals surface area contributed by atoms with E-state index in [9.17, 15) is 9.59 Å². The number of aryl methyl sites for hydroxylation is 2. The summed E-state index contributed by atoms with van der Waals surface area (Å²) in [5.41, 5.74) is 9.93. The number of rotatable bonds is 3. The van der Waals surface area contributed by atoms with E-state index in [1.165, 1.54) is 0 Å². The van der Waals surface area contributed by atoms with Crippen molar-refractivity contribution in [1.29, 1.82) is 0 Å². The number of likely N-dealkylation sites (tertiary alicyclic amines) is 1. The molecule has 2 aromatic rings. The normalized spacial score (nSPS) is 19.4. The van der Waals surface area contributed by atoms with Crippen LogP contribution in [0.5, 0.6) is 0 Å². The number of nitrogens with one attached hydrogen (secondary N) is 1. The molecule has 3 N–H and O–H groups in total. The number of nitrogens with zero attached hydrogens (tertiary/aromatic N) is 1. The second-order valence-corrected chi connectivity index (χ2v) is 8.21. The highest BCUT2D eigenvalue weighted by Gasteiger charge is 2.26. The largest absolute Gasteiger partial charge is 0.399 e. The molecule has 2 atom stereocenters. The summed E-state index contributed by atoms with van der Waals surface area (Å²) in [5.74, 6) is 0.805. The van der Waals surface area contributed by atoms with Gasteiger partial charge in [0.25, 0.3) is 11.8 Å². The maximum atomic E-state index is 13.0. The first-order valence-electron chi connectivity index (χ1n) is 9.82. The molecule has 2 unspecified atom stereocenters. The number of anilines is 2. The molecule has 2 amide bonds. The number of carbonyl (C=O) groups excluding carboxylic acids is 2. The molecule has 0 spiro atoms. The minimum Gasteiger partial charge on any atom is -0.399 e. The van der Waals surface area contributed by atoms with Crippen LogP contribution in [0.1, 0.15) is 52.1 Å². The van der Waals surface area contributed by atoms with Crippen LogP contribution in [0.3, 0.4) is 0 Å². The molecule has 1 fully saturated rings. The minimum atomic E-state index is -0.224. The Morgan fingerprint density at radius 3 is 2.32 bits per heavy atom. The Morgan fingerprint density at radius 1 is 1.00 bits per heavy atom. The number of benzene rings is 2. The topological polar surface area (TPSA) is 75.4 Å². The molecular formula is C23H29N3O2. The average molecular weight is 380 g/mol. The summed E-state index contributed by atoms with van der Waals surface area (Å²) in [7, 11) is 0. The van der Waals surface area contributed by atoms with E-state index in [0.29, 0.717) is 34.3 Å². The van der Waals surface area contributed by atoms with Crippen LogP contribution in [0.25, 0.3) is 0 Å². The second kappa shape index (κ2) is 8.05. The molecule has 5 heteroatoms. The van der Waals surface area contributed by atoms with Crippen LogP contribution in [0.4, 0.5) is 11.4 Å². The van der Waals surface area contributed by atoms with E-state index in [4.69, 9.17) is 5.73 Å². The first-order valence-corrected chi connectivity index (χ1v) is 9.82. The lowest BCUT2D eigenvalue weighted by atomic mass is 9.91. The van der Waals surface area contributed by atoms with Crippen LogP contribution in [0.2, 0.25) is 0 Å². The van der Waals surface area contributed by atoms with Gasteiger partial charge in [-0.15, -0.1) is 0 Å². The van der Waals surface area contributed by atoms with Gasteiger partial charge in [-0.3, -0.25) is 9.59 Å². The Kier molecular flexibility index (Phi) is 5.73. The van der Waals surface area contributed by atoms with Crippen molar-refractivity contribution >= 4 is 23.2 Å². The summed E-state index contributed by atoms with van der Waals surface area (Å²) < 4.78 is 0. The average Bonchev–Trinajstić information content (AvgIpc) is 2.64. The summed E-state index contributed by atoms with van der Waals surface area (Å²) in [6, 6.07) is 10.8. The molecule has 1 aliphatic rings. The van der Waals surface area contributed by atoms with E-state index in [-0.39, 0.29) is 11.8 Å². The van der Waals surface area contributed by atoms with Gasteiger partial charge in [-0.25, -0.2) is 0 Å². The Balaban J connectivity index is 1.82. The Labute approximate surface area is 166 Å². The molecule has 2 aromatic carbocycles.